The van der Waals surface area contributed by atoms with E-state index in [0.29, 0.717) is 0 Å². The van der Waals surface area contributed by atoms with Crippen molar-refractivity contribution in [1.29, 1.82) is 0 Å². The van der Waals surface area contributed by atoms with E-state index >= 15 is 0 Å². The van der Waals surface area contributed by atoms with Gasteiger partial charge in [0.15, 0.2) is 0 Å². The summed E-state index contributed by atoms with van der Waals surface area (Å²) in [7, 11) is 0. The first-order valence-corrected chi connectivity index (χ1v) is 7.18. The molecule has 0 bridgehead atoms. The number of carboxylic acid groups (broad SMARTS) is 2. The van der Waals surface area contributed by atoms with Gasteiger partial charge in [0.1, 0.15) is 0 Å². The van der Waals surface area contributed by atoms with E-state index < -0.39 is 11.9 Å². The molecule has 2 aromatic heterocycles. The molecule has 21 heavy (non-hydrogen) atoms. The van der Waals surface area contributed by atoms with Crippen LogP contribution in [-0.2, 0) is 9.59 Å². The SMILES string of the molecule is O=C(O)C(=O)O.c1csc(C2=C(n3ccnc3)CCC2)c1. The lowest BCUT2D eigenvalue weighted by Crippen LogP contribution is -2.09. The Balaban J connectivity index is 0.000000232. The Labute approximate surface area is 125 Å². The lowest BCUT2D eigenvalue weighted by Gasteiger charge is -2.06. The van der Waals surface area contributed by atoms with E-state index in [2.05, 4.69) is 27.1 Å². The first-order chi connectivity index (χ1) is 10.1. The zero-order valence-electron chi connectivity index (χ0n) is 11.1. The summed E-state index contributed by atoms with van der Waals surface area (Å²) in [5.41, 5.74) is 2.93. The number of rotatable bonds is 2. The normalized spacial score (nSPS) is 13.7. The first-order valence-electron chi connectivity index (χ1n) is 6.30. The molecule has 110 valence electrons. The molecular weight excluding hydrogens is 292 g/mol. The molecule has 0 saturated carbocycles. The molecule has 1 aliphatic rings. The maximum atomic E-state index is 9.10. The van der Waals surface area contributed by atoms with Crippen LogP contribution in [0.15, 0.2) is 36.2 Å². The second-order valence-corrected chi connectivity index (χ2v) is 5.28. The third-order valence-corrected chi connectivity index (χ3v) is 3.94. The zero-order valence-corrected chi connectivity index (χ0v) is 11.9. The molecule has 3 rings (SSSR count). The number of hydrogen-bond donors (Lipinski definition) is 2. The van der Waals surface area contributed by atoms with Crippen LogP contribution in [0, 0.1) is 0 Å². The summed E-state index contributed by atoms with van der Waals surface area (Å²) >= 11 is 1.83. The predicted octanol–water partition coefficient (Wildman–Crippen LogP) is 2.65. The zero-order chi connectivity index (χ0) is 15.2. The molecule has 6 nitrogen and oxygen atoms in total. The Morgan fingerprint density at radius 3 is 2.52 bits per heavy atom. The first kappa shape index (κ1) is 15.0. The van der Waals surface area contributed by atoms with Crippen LogP contribution in [0.3, 0.4) is 0 Å². The molecule has 7 heteroatoms. The molecule has 0 atom stereocenters. The highest BCUT2D eigenvalue weighted by Crippen LogP contribution is 2.38. The van der Waals surface area contributed by atoms with Gasteiger partial charge in [-0.05, 0) is 36.3 Å². The number of aliphatic carboxylic acids is 2. The number of carboxylic acids is 2. The van der Waals surface area contributed by atoms with Gasteiger partial charge in [-0.2, -0.15) is 0 Å². The minimum Gasteiger partial charge on any atom is -0.473 e. The summed E-state index contributed by atoms with van der Waals surface area (Å²) in [6.07, 6.45) is 9.41. The number of imidazole rings is 1. The number of carbonyl (C=O) groups is 2. The average Bonchev–Trinajstić information content (AvgIpc) is 3.20. The number of thiophene rings is 1. The minimum atomic E-state index is -1.82. The minimum absolute atomic E-state index is 1.17. The number of hydrogen-bond acceptors (Lipinski definition) is 4. The van der Waals surface area contributed by atoms with Crippen LogP contribution in [0.2, 0.25) is 0 Å². The van der Waals surface area contributed by atoms with Gasteiger partial charge in [-0.15, -0.1) is 11.3 Å². The number of nitrogens with zero attached hydrogens (tertiary/aromatic N) is 2. The molecule has 2 N–H and O–H groups in total. The largest absolute Gasteiger partial charge is 0.473 e. The van der Waals surface area contributed by atoms with Crippen molar-refractivity contribution in [3.8, 4) is 0 Å². The van der Waals surface area contributed by atoms with Crippen molar-refractivity contribution in [2.75, 3.05) is 0 Å². The van der Waals surface area contributed by atoms with Gasteiger partial charge in [0.25, 0.3) is 0 Å². The highest BCUT2D eigenvalue weighted by atomic mass is 32.1. The molecule has 0 aromatic carbocycles. The van der Waals surface area contributed by atoms with Gasteiger partial charge in [-0.25, -0.2) is 14.6 Å². The number of allylic oxidation sites excluding steroid dienone is 2. The Morgan fingerprint density at radius 2 is 2.00 bits per heavy atom. The van der Waals surface area contributed by atoms with Crippen molar-refractivity contribution in [3.63, 3.8) is 0 Å². The Kier molecular flexibility index (Phi) is 4.89. The van der Waals surface area contributed by atoms with Crippen LogP contribution >= 0.6 is 11.3 Å². The second-order valence-electron chi connectivity index (χ2n) is 4.34. The van der Waals surface area contributed by atoms with E-state index in [0.717, 1.165) is 0 Å². The third kappa shape index (κ3) is 3.79. The van der Waals surface area contributed by atoms with Crippen molar-refractivity contribution in [1.82, 2.24) is 9.55 Å². The highest BCUT2D eigenvalue weighted by Gasteiger charge is 2.17. The molecular formula is C14H14N2O4S. The van der Waals surface area contributed by atoms with Crippen molar-refractivity contribution >= 4 is 34.5 Å². The van der Waals surface area contributed by atoms with Gasteiger partial charge >= 0.3 is 11.9 Å². The molecule has 1 aliphatic carbocycles. The molecule has 0 amide bonds. The molecule has 0 spiro atoms. The van der Waals surface area contributed by atoms with Crippen LogP contribution in [0.1, 0.15) is 24.1 Å². The van der Waals surface area contributed by atoms with Crippen LogP contribution < -0.4 is 0 Å². The Hall–Kier alpha value is -2.41. The van der Waals surface area contributed by atoms with Crippen molar-refractivity contribution < 1.29 is 19.8 Å². The molecule has 0 fully saturated rings. The summed E-state index contributed by atoms with van der Waals surface area (Å²) in [5.74, 6) is -3.65. The molecule has 0 radical (unpaired) electrons. The maximum absolute atomic E-state index is 9.10. The highest BCUT2D eigenvalue weighted by molar-refractivity contribution is 7.11. The van der Waals surface area contributed by atoms with Gasteiger partial charge in [0.05, 0.1) is 6.33 Å². The van der Waals surface area contributed by atoms with Crippen molar-refractivity contribution in [3.05, 3.63) is 41.1 Å². The van der Waals surface area contributed by atoms with E-state index in [1.807, 2.05) is 30.1 Å². The predicted molar refractivity (Wildman–Crippen MR) is 78.8 cm³/mol. The van der Waals surface area contributed by atoms with E-state index in [1.54, 1.807) is 0 Å². The molecule has 0 saturated heterocycles. The van der Waals surface area contributed by atoms with Gasteiger partial charge in [-0.1, -0.05) is 6.07 Å². The van der Waals surface area contributed by atoms with Crippen LogP contribution in [0.25, 0.3) is 11.3 Å². The fraction of sp³-hybridized carbons (Fsp3) is 0.214. The number of aromatic nitrogens is 2. The van der Waals surface area contributed by atoms with E-state index in [1.165, 1.54) is 35.4 Å². The fourth-order valence-corrected chi connectivity index (χ4v) is 2.97. The summed E-state index contributed by atoms with van der Waals surface area (Å²) in [4.78, 5) is 23.7. The summed E-state index contributed by atoms with van der Waals surface area (Å²) < 4.78 is 2.15. The smallest absolute Gasteiger partial charge is 0.414 e. The summed E-state index contributed by atoms with van der Waals surface area (Å²) in [5, 5.41) is 16.9. The molecule has 2 aromatic rings. The molecule has 2 heterocycles. The summed E-state index contributed by atoms with van der Waals surface area (Å²) in [6, 6.07) is 4.33. The Morgan fingerprint density at radius 1 is 1.24 bits per heavy atom. The topological polar surface area (TPSA) is 92.4 Å². The fourth-order valence-electron chi connectivity index (χ4n) is 2.15. The van der Waals surface area contributed by atoms with Crippen LogP contribution in [0.4, 0.5) is 0 Å². The van der Waals surface area contributed by atoms with Gasteiger partial charge in [-0.3, -0.25) is 0 Å². The van der Waals surface area contributed by atoms with Crippen molar-refractivity contribution in [2.24, 2.45) is 0 Å². The van der Waals surface area contributed by atoms with Gasteiger partial charge < -0.3 is 14.8 Å². The molecule has 0 aliphatic heterocycles. The molecule has 0 unspecified atom stereocenters. The Bertz CT molecular complexity index is 588. The van der Waals surface area contributed by atoms with E-state index in [9.17, 15) is 0 Å². The van der Waals surface area contributed by atoms with Crippen molar-refractivity contribution in [2.45, 2.75) is 19.3 Å². The van der Waals surface area contributed by atoms with E-state index in [-0.39, 0.29) is 0 Å². The lowest BCUT2D eigenvalue weighted by atomic mass is 10.2. The van der Waals surface area contributed by atoms with E-state index in [4.69, 9.17) is 19.8 Å². The quantitative estimate of drug-likeness (QED) is 0.832. The third-order valence-electron chi connectivity index (χ3n) is 3.01. The average molecular weight is 306 g/mol. The van der Waals surface area contributed by atoms with Gasteiger partial charge in [0, 0.05) is 23.0 Å². The standard InChI is InChI=1S/C12H12N2S.C2H2O4/c1-3-10(12-5-2-8-15-12)11(4-1)14-7-6-13-9-14;3-1(4)2(5)6/h2,5-9H,1,3-4H2;(H,3,4)(H,5,6). The van der Waals surface area contributed by atoms with Gasteiger partial charge in [0.2, 0.25) is 0 Å². The van der Waals surface area contributed by atoms with Crippen LogP contribution in [-0.4, -0.2) is 31.7 Å². The van der Waals surface area contributed by atoms with Crippen LogP contribution in [0.5, 0.6) is 0 Å². The monoisotopic (exact) mass is 306 g/mol. The second kappa shape index (κ2) is 6.85. The summed E-state index contributed by atoms with van der Waals surface area (Å²) in [6.45, 7) is 0. The lowest BCUT2D eigenvalue weighted by molar-refractivity contribution is -0.159. The maximum Gasteiger partial charge on any atom is 0.414 e.